The number of hydrogen-bond donors (Lipinski definition) is 2. The molecule has 0 spiro atoms. The molecule has 1 fully saturated rings. The molecular weight excluding hydrogens is 260 g/mol. The molecule has 1 saturated carbocycles. The van der Waals surface area contributed by atoms with Gasteiger partial charge < -0.3 is 5.32 Å². The molecule has 2 N–H and O–H groups in total. The first-order chi connectivity index (χ1) is 9.01. The van der Waals surface area contributed by atoms with E-state index < -0.39 is 10.0 Å². The molecule has 0 aromatic rings. The zero-order chi connectivity index (χ0) is 14.1. The summed E-state index contributed by atoms with van der Waals surface area (Å²) in [5.41, 5.74) is 0. The number of sulfonamides is 1. The van der Waals surface area contributed by atoms with Crippen LogP contribution >= 0.6 is 0 Å². The molecule has 114 valence electrons. The molecule has 0 bridgehead atoms. The first-order valence-corrected chi connectivity index (χ1v) is 9.58. The molecule has 2 unspecified atom stereocenters. The average Bonchev–Trinajstić information content (AvgIpc) is 2.54. The highest BCUT2D eigenvalue weighted by Gasteiger charge is 2.17. The lowest BCUT2D eigenvalue weighted by molar-refractivity contribution is 0.409. The quantitative estimate of drug-likeness (QED) is 0.532. The molecule has 0 saturated heterocycles. The second-order valence-electron chi connectivity index (χ2n) is 5.83. The maximum absolute atomic E-state index is 10.9. The number of hydrogen-bond acceptors (Lipinski definition) is 3. The SMILES string of the molecule is CCCC1CCCC(NCCCNS(C)(=O)=O)CC1. The summed E-state index contributed by atoms with van der Waals surface area (Å²) in [6, 6.07) is 0.639. The lowest BCUT2D eigenvalue weighted by Crippen LogP contribution is -2.32. The molecule has 0 radical (unpaired) electrons. The van der Waals surface area contributed by atoms with E-state index in [0.717, 1.165) is 18.9 Å². The summed E-state index contributed by atoms with van der Waals surface area (Å²) in [4.78, 5) is 0. The van der Waals surface area contributed by atoms with Gasteiger partial charge in [-0.3, -0.25) is 0 Å². The van der Waals surface area contributed by atoms with Gasteiger partial charge in [0.25, 0.3) is 0 Å². The van der Waals surface area contributed by atoms with Crippen LogP contribution in [0.1, 0.15) is 58.3 Å². The smallest absolute Gasteiger partial charge is 0.208 e. The Labute approximate surface area is 118 Å². The van der Waals surface area contributed by atoms with Crippen molar-refractivity contribution < 1.29 is 8.42 Å². The van der Waals surface area contributed by atoms with E-state index in [1.165, 1.54) is 51.2 Å². The van der Waals surface area contributed by atoms with Gasteiger partial charge in [0.15, 0.2) is 0 Å². The zero-order valence-electron chi connectivity index (χ0n) is 12.5. The first kappa shape index (κ1) is 16.9. The van der Waals surface area contributed by atoms with Crippen LogP contribution in [0.3, 0.4) is 0 Å². The normalized spacial score (nSPS) is 25.2. The third kappa shape index (κ3) is 8.60. The Bertz CT molecular complexity index is 330. The van der Waals surface area contributed by atoms with Crippen molar-refractivity contribution in [3.05, 3.63) is 0 Å². The van der Waals surface area contributed by atoms with Crippen LogP contribution in [0.2, 0.25) is 0 Å². The van der Waals surface area contributed by atoms with Crippen LogP contribution in [0.25, 0.3) is 0 Å². The van der Waals surface area contributed by atoms with Gasteiger partial charge in [0, 0.05) is 12.6 Å². The molecule has 1 aliphatic carbocycles. The summed E-state index contributed by atoms with van der Waals surface area (Å²) in [6.45, 7) is 3.72. The fraction of sp³-hybridized carbons (Fsp3) is 1.00. The average molecular weight is 290 g/mol. The van der Waals surface area contributed by atoms with Crippen molar-refractivity contribution in [2.24, 2.45) is 5.92 Å². The van der Waals surface area contributed by atoms with Gasteiger partial charge >= 0.3 is 0 Å². The molecule has 0 aromatic heterocycles. The van der Waals surface area contributed by atoms with E-state index in [2.05, 4.69) is 17.0 Å². The van der Waals surface area contributed by atoms with Gasteiger partial charge in [-0.05, 0) is 38.1 Å². The second kappa shape index (κ2) is 8.93. The Morgan fingerprint density at radius 3 is 2.58 bits per heavy atom. The maximum atomic E-state index is 10.9. The third-order valence-corrected chi connectivity index (χ3v) is 4.66. The van der Waals surface area contributed by atoms with Crippen molar-refractivity contribution in [3.8, 4) is 0 Å². The highest BCUT2D eigenvalue weighted by molar-refractivity contribution is 7.88. The Kier molecular flexibility index (Phi) is 7.95. The van der Waals surface area contributed by atoms with Gasteiger partial charge in [-0.1, -0.05) is 32.6 Å². The number of nitrogens with one attached hydrogen (secondary N) is 2. The van der Waals surface area contributed by atoms with Crippen LogP contribution in [0.5, 0.6) is 0 Å². The summed E-state index contributed by atoms with van der Waals surface area (Å²) in [7, 11) is -3.03. The van der Waals surface area contributed by atoms with E-state index in [1.807, 2.05) is 0 Å². The lowest BCUT2D eigenvalue weighted by atomic mass is 9.95. The van der Waals surface area contributed by atoms with Gasteiger partial charge in [0.2, 0.25) is 10.0 Å². The van der Waals surface area contributed by atoms with E-state index in [9.17, 15) is 8.42 Å². The van der Waals surface area contributed by atoms with Gasteiger partial charge in [-0.15, -0.1) is 0 Å². The predicted molar refractivity (Wildman–Crippen MR) is 80.7 cm³/mol. The van der Waals surface area contributed by atoms with E-state index in [0.29, 0.717) is 12.6 Å². The largest absolute Gasteiger partial charge is 0.314 e. The fourth-order valence-corrected chi connectivity index (χ4v) is 3.45. The van der Waals surface area contributed by atoms with E-state index in [-0.39, 0.29) is 0 Å². The van der Waals surface area contributed by atoms with Crippen molar-refractivity contribution >= 4 is 10.0 Å². The monoisotopic (exact) mass is 290 g/mol. The van der Waals surface area contributed by atoms with E-state index in [4.69, 9.17) is 0 Å². The minimum atomic E-state index is -3.03. The molecule has 0 amide bonds. The highest BCUT2D eigenvalue weighted by Crippen LogP contribution is 2.26. The molecule has 1 aliphatic rings. The minimum Gasteiger partial charge on any atom is -0.314 e. The Morgan fingerprint density at radius 1 is 1.11 bits per heavy atom. The van der Waals surface area contributed by atoms with Crippen molar-refractivity contribution in [2.75, 3.05) is 19.3 Å². The summed E-state index contributed by atoms with van der Waals surface area (Å²) in [5.74, 6) is 0.934. The predicted octanol–water partition coefficient (Wildman–Crippen LogP) is 2.26. The molecule has 2 atom stereocenters. The van der Waals surface area contributed by atoms with Crippen molar-refractivity contribution in [1.82, 2.24) is 10.0 Å². The standard InChI is InChI=1S/C14H30N2O2S/c1-3-6-13-7-4-8-14(10-9-13)15-11-5-12-16-19(2,17)18/h13-16H,3-12H2,1-2H3. The van der Waals surface area contributed by atoms with Crippen molar-refractivity contribution in [1.29, 1.82) is 0 Å². The third-order valence-electron chi connectivity index (χ3n) is 3.94. The Morgan fingerprint density at radius 2 is 1.89 bits per heavy atom. The first-order valence-electron chi connectivity index (χ1n) is 7.69. The second-order valence-corrected chi connectivity index (χ2v) is 7.67. The summed E-state index contributed by atoms with van der Waals surface area (Å²) in [5, 5.41) is 3.58. The van der Waals surface area contributed by atoms with Crippen LogP contribution in [0.4, 0.5) is 0 Å². The topological polar surface area (TPSA) is 58.2 Å². The van der Waals surface area contributed by atoms with Crippen LogP contribution in [0.15, 0.2) is 0 Å². The molecule has 0 aliphatic heterocycles. The van der Waals surface area contributed by atoms with Crippen molar-refractivity contribution in [2.45, 2.75) is 64.3 Å². The molecule has 0 aromatic carbocycles. The molecule has 19 heavy (non-hydrogen) atoms. The Hall–Kier alpha value is -0.130. The summed E-state index contributed by atoms with van der Waals surface area (Å²) < 4.78 is 24.3. The van der Waals surface area contributed by atoms with E-state index >= 15 is 0 Å². The summed E-state index contributed by atoms with van der Waals surface area (Å²) in [6.07, 6.45) is 11.4. The molecular formula is C14H30N2O2S. The van der Waals surface area contributed by atoms with Crippen LogP contribution in [-0.4, -0.2) is 33.8 Å². The van der Waals surface area contributed by atoms with Crippen molar-refractivity contribution in [3.63, 3.8) is 0 Å². The minimum absolute atomic E-state index is 0.539. The highest BCUT2D eigenvalue weighted by atomic mass is 32.2. The van der Waals surface area contributed by atoms with Gasteiger partial charge in [0.05, 0.1) is 6.26 Å². The lowest BCUT2D eigenvalue weighted by Gasteiger charge is -2.16. The van der Waals surface area contributed by atoms with Gasteiger partial charge in [-0.25, -0.2) is 13.1 Å². The fourth-order valence-electron chi connectivity index (χ4n) is 2.93. The molecule has 1 rings (SSSR count). The van der Waals surface area contributed by atoms with Crippen LogP contribution in [-0.2, 0) is 10.0 Å². The summed E-state index contributed by atoms with van der Waals surface area (Å²) >= 11 is 0. The zero-order valence-corrected chi connectivity index (χ0v) is 13.3. The van der Waals surface area contributed by atoms with Crippen LogP contribution in [0, 0.1) is 5.92 Å². The van der Waals surface area contributed by atoms with Crippen LogP contribution < -0.4 is 10.0 Å². The number of rotatable bonds is 8. The maximum Gasteiger partial charge on any atom is 0.208 e. The molecule has 5 heteroatoms. The van der Waals surface area contributed by atoms with Gasteiger partial charge in [-0.2, -0.15) is 0 Å². The Balaban J connectivity index is 2.09. The van der Waals surface area contributed by atoms with E-state index in [1.54, 1.807) is 0 Å². The molecule has 0 heterocycles. The molecule has 4 nitrogen and oxygen atoms in total. The van der Waals surface area contributed by atoms with Gasteiger partial charge in [0.1, 0.15) is 0 Å².